The van der Waals surface area contributed by atoms with Gasteiger partial charge in [-0.05, 0) is 28.8 Å². The third-order valence-corrected chi connectivity index (χ3v) is 4.36. The maximum Gasteiger partial charge on any atom is 0.344 e. The third-order valence-electron chi connectivity index (χ3n) is 4.36. The molecule has 0 fully saturated rings. The smallest absolute Gasteiger partial charge is 0.344 e. The number of hydrogen-bond acceptors (Lipinski definition) is 4. The zero-order valence-corrected chi connectivity index (χ0v) is 16.3. The molecule has 0 unspecified atom stereocenters. The van der Waals surface area contributed by atoms with Crippen molar-refractivity contribution < 1.29 is 19.1 Å². The first-order chi connectivity index (χ1) is 14.1. The summed E-state index contributed by atoms with van der Waals surface area (Å²) in [5.74, 6) is -0.290. The van der Waals surface area contributed by atoms with Crippen LogP contribution in [0.3, 0.4) is 0 Å². The molecule has 0 saturated heterocycles. The monoisotopic (exact) mass is 389 g/mol. The van der Waals surface area contributed by atoms with Crippen LogP contribution >= 0.6 is 0 Å². The fourth-order valence-electron chi connectivity index (χ4n) is 2.76. The van der Waals surface area contributed by atoms with Gasteiger partial charge in [0.1, 0.15) is 5.75 Å². The molecule has 5 heteroatoms. The molecule has 5 nitrogen and oxygen atoms in total. The lowest BCUT2D eigenvalue weighted by molar-refractivity contribution is -0.153. The Bertz CT molecular complexity index is 924. The first kappa shape index (κ1) is 20.1. The van der Waals surface area contributed by atoms with Crippen molar-refractivity contribution in [3.63, 3.8) is 0 Å². The minimum Gasteiger partial charge on any atom is -0.482 e. The van der Waals surface area contributed by atoms with E-state index in [2.05, 4.69) is 0 Å². The van der Waals surface area contributed by atoms with Crippen molar-refractivity contribution in [1.82, 2.24) is 4.90 Å². The van der Waals surface area contributed by atoms with E-state index < -0.39 is 5.97 Å². The van der Waals surface area contributed by atoms with Crippen molar-refractivity contribution in [2.75, 3.05) is 20.3 Å². The van der Waals surface area contributed by atoms with Gasteiger partial charge in [-0.25, -0.2) is 4.79 Å². The highest BCUT2D eigenvalue weighted by Crippen LogP contribution is 2.22. The van der Waals surface area contributed by atoms with E-state index in [0.717, 1.165) is 16.7 Å². The highest BCUT2D eigenvalue weighted by atomic mass is 16.6. The Kier molecular flexibility index (Phi) is 7.00. The number of likely N-dealkylation sites (N-methyl/N-ethyl adjacent to an activating group) is 1. The zero-order valence-electron chi connectivity index (χ0n) is 16.3. The van der Waals surface area contributed by atoms with Crippen molar-refractivity contribution >= 4 is 11.9 Å². The number of esters is 1. The summed E-state index contributed by atoms with van der Waals surface area (Å²) in [6.45, 7) is -0.0969. The summed E-state index contributed by atoms with van der Waals surface area (Å²) in [4.78, 5) is 25.5. The number of hydrogen-bond donors (Lipinski definition) is 0. The van der Waals surface area contributed by atoms with Crippen molar-refractivity contribution in [1.29, 1.82) is 0 Å². The van der Waals surface area contributed by atoms with Crippen molar-refractivity contribution in [2.24, 2.45) is 0 Å². The first-order valence-electron chi connectivity index (χ1n) is 9.33. The van der Waals surface area contributed by atoms with Gasteiger partial charge >= 0.3 is 5.97 Å². The van der Waals surface area contributed by atoms with Gasteiger partial charge in [0, 0.05) is 13.6 Å². The van der Waals surface area contributed by atoms with Crippen molar-refractivity contribution in [3.05, 3.63) is 90.5 Å². The molecule has 0 aliphatic carbocycles. The summed E-state index contributed by atoms with van der Waals surface area (Å²) in [5.41, 5.74) is 3.18. The van der Waals surface area contributed by atoms with Gasteiger partial charge < -0.3 is 14.4 Å². The summed E-state index contributed by atoms with van der Waals surface area (Å²) in [7, 11) is 1.67. The Hall–Kier alpha value is -3.60. The molecule has 0 aliphatic rings. The van der Waals surface area contributed by atoms with Crippen LogP contribution in [0.15, 0.2) is 84.9 Å². The number of carbonyl (C=O) groups excluding carboxylic acids is 2. The van der Waals surface area contributed by atoms with Gasteiger partial charge in [-0.15, -0.1) is 0 Å². The van der Waals surface area contributed by atoms with Gasteiger partial charge in [0.05, 0.1) is 0 Å². The van der Waals surface area contributed by atoms with E-state index in [0.29, 0.717) is 12.3 Å². The quantitative estimate of drug-likeness (QED) is 0.548. The number of amides is 1. The first-order valence-corrected chi connectivity index (χ1v) is 9.33. The minimum atomic E-state index is -0.585. The Balaban J connectivity index is 1.41. The van der Waals surface area contributed by atoms with Crippen LogP contribution in [0.5, 0.6) is 5.75 Å². The molecule has 29 heavy (non-hydrogen) atoms. The molecule has 3 aromatic rings. The van der Waals surface area contributed by atoms with Crippen LogP contribution < -0.4 is 4.74 Å². The molecule has 148 valence electrons. The van der Waals surface area contributed by atoms with Crippen LogP contribution in [-0.4, -0.2) is 37.0 Å². The molecule has 0 aliphatic heterocycles. The highest BCUT2D eigenvalue weighted by Gasteiger charge is 2.13. The van der Waals surface area contributed by atoms with E-state index in [1.807, 2.05) is 72.8 Å². The van der Waals surface area contributed by atoms with E-state index >= 15 is 0 Å². The van der Waals surface area contributed by atoms with E-state index in [9.17, 15) is 9.59 Å². The average Bonchev–Trinajstić information content (AvgIpc) is 2.77. The molecule has 0 atom stereocenters. The van der Waals surface area contributed by atoms with Crippen molar-refractivity contribution in [2.45, 2.75) is 6.54 Å². The Morgan fingerprint density at radius 2 is 1.34 bits per heavy atom. The second-order valence-electron chi connectivity index (χ2n) is 6.58. The zero-order chi connectivity index (χ0) is 20.5. The van der Waals surface area contributed by atoms with Crippen LogP contribution in [0.25, 0.3) is 11.1 Å². The van der Waals surface area contributed by atoms with Gasteiger partial charge in [-0.2, -0.15) is 0 Å². The number of ether oxygens (including phenoxy) is 2. The number of carbonyl (C=O) groups is 2. The van der Waals surface area contributed by atoms with E-state index in [-0.39, 0.29) is 19.1 Å². The maximum absolute atomic E-state index is 12.1. The molecule has 1 amide bonds. The molecule has 0 radical (unpaired) electrons. The minimum absolute atomic E-state index is 0.250. The molecule has 0 N–H and O–H groups in total. The van der Waals surface area contributed by atoms with Crippen molar-refractivity contribution in [3.8, 4) is 16.9 Å². The van der Waals surface area contributed by atoms with E-state index in [1.165, 1.54) is 4.90 Å². The predicted octanol–water partition coefficient (Wildman–Crippen LogP) is 3.93. The molecule has 0 saturated carbocycles. The summed E-state index contributed by atoms with van der Waals surface area (Å²) in [5, 5.41) is 0. The topological polar surface area (TPSA) is 55.8 Å². The number of rotatable bonds is 8. The van der Waals surface area contributed by atoms with Gasteiger partial charge in [-0.1, -0.05) is 72.8 Å². The largest absolute Gasteiger partial charge is 0.482 e. The molecule has 0 bridgehead atoms. The van der Waals surface area contributed by atoms with Crippen LogP contribution in [0.4, 0.5) is 0 Å². The molecular weight excluding hydrogens is 366 g/mol. The number of benzene rings is 3. The second kappa shape index (κ2) is 10.1. The molecule has 0 spiro atoms. The van der Waals surface area contributed by atoms with Crippen LogP contribution in [0, 0.1) is 0 Å². The fourth-order valence-corrected chi connectivity index (χ4v) is 2.76. The van der Waals surface area contributed by atoms with Crippen LogP contribution in [0.2, 0.25) is 0 Å². The standard InChI is InChI=1S/C24H23NO4/c1-25(16-19-8-4-2-5-9-19)23(26)17-29-24(27)18-28-22-14-12-21(13-15-22)20-10-6-3-7-11-20/h2-15H,16-18H2,1H3. The normalized spacial score (nSPS) is 10.2. The summed E-state index contributed by atoms with van der Waals surface area (Å²) >= 11 is 0. The maximum atomic E-state index is 12.1. The van der Waals surface area contributed by atoms with Gasteiger partial charge in [-0.3, -0.25) is 4.79 Å². The van der Waals surface area contributed by atoms with Gasteiger partial charge in [0.2, 0.25) is 0 Å². The molecular formula is C24H23NO4. The van der Waals surface area contributed by atoms with E-state index in [4.69, 9.17) is 9.47 Å². The lowest BCUT2D eigenvalue weighted by Crippen LogP contribution is -2.31. The van der Waals surface area contributed by atoms with Gasteiger partial charge in [0.15, 0.2) is 13.2 Å². The lowest BCUT2D eigenvalue weighted by atomic mass is 10.1. The lowest BCUT2D eigenvalue weighted by Gasteiger charge is -2.17. The van der Waals surface area contributed by atoms with Crippen LogP contribution in [-0.2, 0) is 20.9 Å². The Morgan fingerprint density at radius 3 is 2.00 bits per heavy atom. The molecule has 0 aromatic heterocycles. The molecule has 3 aromatic carbocycles. The SMILES string of the molecule is CN(Cc1ccccc1)C(=O)COC(=O)COc1ccc(-c2ccccc2)cc1. The molecule has 0 heterocycles. The summed E-state index contributed by atoms with van der Waals surface area (Å²) in [6.07, 6.45) is 0. The van der Waals surface area contributed by atoms with E-state index in [1.54, 1.807) is 19.2 Å². The Labute approximate surface area is 170 Å². The third kappa shape index (κ3) is 6.21. The number of nitrogens with zero attached hydrogens (tertiary/aromatic N) is 1. The Morgan fingerprint density at radius 1 is 0.759 bits per heavy atom. The molecule has 3 rings (SSSR count). The predicted molar refractivity (Wildman–Crippen MR) is 111 cm³/mol. The average molecular weight is 389 g/mol. The second-order valence-corrected chi connectivity index (χ2v) is 6.58. The summed E-state index contributed by atoms with van der Waals surface area (Å²) in [6, 6.07) is 27.1. The van der Waals surface area contributed by atoms with Crippen LogP contribution in [0.1, 0.15) is 5.56 Å². The highest BCUT2D eigenvalue weighted by molar-refractivity contribution is 5.80. The summed E-state index contributed by atoms with van der Waals surface area (Å²) < 4.78 is 10.5. The van der Waals surface area contributed by atoms with Gasteiger partial charge in [0.25, 0.3) is 5.91 Å². The fraction of sp³-hybridized carbons (Fsp3) is 0.167.